The Kier molecular flexibility index (Phi) is 5.62. The van der Waals surface area contributed by atoms with Crippen molar-refractivity contribution in [1.29, 1.82) is 0 Å². The van der Waals surface area contributed by atoms with Crippen LogP contribution in [0.25, 0.3) is 0 Å². The van der Waals surface area contributed by atoms with Gasteiger partial charge >= 0.3 is 6.18 Å². The van der Waals surface area contributed by atoms with Crippen LogP contribution in [0.2, 0.25) is 0 Å². The Morgan fingerprint density at radius 2 is 2.24 bits per heavy atom. The number of hydrogen-bond donors (Lipinski definition) is 1. The Morgan fingerprint density at radius 3 is 2.81 bits per heavy atom. The summed E-state index contributed by atoms with van der Waals surface area (Å²) in [5.74, 6) is 0.211. The highest BCUT2D eigenvalue weighted by Crippen LogP contribution is 2.40. The Morgan fingerprint density at radius 1 is 1.48 bits per heavy atom. The SMILES string of the molecule is CCCNC(c1cnc(C(F)(F)F)s1)C1CCOC1CC. The summed E-state index contributed by atoms with van der Waals surface area (Å²) in [7, 11) is 0. The van der Waals surface area contributed by atoms with E-state index in [1.807, 2.05) is 13.8 Å². The fourth-order valence-electron chi connectivity index (χ4n) is 2.79. The van der Waals surface area contributed by atoms with Gasteiger partial charge in [-0.25, -0.2) is 4.98 Å². The van der Waals surface area contributed by atoms with Crippen LogP contribution in [-0.4, -0.2) is 24.2 Å². The molecule has 1 aliphatic heterocycles. The summed E-state index contributed by atoms with van der Waals surface area (Å²) in [4.78, 5) is 4.21. The van der Waals surface area contributed by atoms with Gasteiger partial charge in [-0.3, -0.25) is 0 Å². The van der Waals surface area contributed by atoms with E-state index < -0.39 is 11.2 Å². The molecule has 2 heterocycles. The molecule has 0 aromatic carbocycles. The van der Waals surface area contributed by atoms with Crippen molar-refractivity contribution in [2.24, 2.45) is 5.92 Å². The summed E-state index contributed by atoms with van der Waals surface area (Å²) in [6, 6.07) is -0.106. The fraction of sp³-hybridized carbons (Fsp3) is 0.786. The molecule has 0 spiro atoms. The second-order valence-electron chi connectivity index (χ2n) is 5.27. The standard InChI is InChI=1S/C14H21F3N2OS/c1-3-6-18-12(9-5-7-20-10(9)4-2)11-8-19-13(21-11)14(15,16)17/h8-10,12,18H,3-7H2,1-2H3. The zero-order chi connectivity index (χ0) is 15.5. The van der Waals surface area contributed by atoms with Gasteiger partial charge in [0.05, 0.1) is 6.10 Å². The van der Waals surface area contributed by atoms with Crippen LogP contribution in [0.15, 0.2) is 6.20 Å². The average Bonchev–Trinajstić information content (AvgIpc) is 3.07. The third kappa shape index (κ3) is 3.96. The number of halogens is 3. The average molecular weight is 322 g/mol. The first-order valence-corrected chi connectivity index (χ1v) is 8.16. The monoisotopic (exact) mass is 322 g/mol. The van der Waals surface area contributed by atoms with E-state index in [9.17, 15) is 13.2 Å². The lowest BCUT2D eigenvalue weighted by Gasteiger charge is -2.27. The molecule has 0 aliphatic carbocycles. The van der Waals surface area contributed by atoms with Crippen LogP contribution in [0, 0.1) is 5.92 Å². The lowest BCUT2D eigenvalue weighted by molar-refractivity contribution is -0.137. The number of thiazole rings is 1. The van der Waals surface area contributed by atoms with Crippen molar-refractivity contribution in [3.05, 3.63) is 16.1 Å². The minimum absolute atomic E-state index is 0.106. The summed E-state index contributed by atoms with van der Waals surface area (Å²) in [5, 5.41) is 2.61. The first-order valence-electron chi connectivity index (χ1n) is 7.35. The van der Waals surface area contributed by atoms with E-state index in [1.165, 1.54) is 6.20 Å². The molecule has 0 bridgehead atoms. The quantitative estimate of drug-likeness (QED) is 0.859. The maximum Gasteiger partial charge on any atom is 0.443 e. The molecule has 2 rings (SSSR count). The molecular formula is C14H21F3N2OS. The fourth-order valence-corrected chi connectivity index (χ4v) is 3.73. The van der Waals surface area contributed by atoms with Crippen LogP contribution >= 0.6 is 11.3 Å². The second-order valence-corrected chi connectivity index (χ2v) is 6.33. The van der Waals surface area contributed by atoms with Crippen LogP contribution in [0.5, 0.6) is 0 Å². The predicted octanol–water partition coefficient (Wildman–Crippen LogP) is 4.02. The molecule has 1 aromatic heterocycles. The van der Waals surface area contributed by atoms with Crippen molar-refractivity contribution < 1.29 is 17.9 Å². The summed E-state index contributed by atoms with van der Waals surface area (Å²) < 4.78 is 43.9. The Hall–Kier alpha value is -0.660. The molecular weight excluding hydrogens is 301 g/mol. The molecule has 1 fully saturated rings. The van der Waals surface area contributed by atoms with E-state index >= 15 is 0 Å². The van der Waals surface area contributed by atoms with Gasteiger partial charge in [0, 0.05) is 29.6 Å². The van der Waals surface area contributed by atoms with Gasteiger partial charge < -0.3 is 10.1 Å². The van der Waals surface area contributed by atoms with Crippen molar-refractivity contribution in [3.8, 4) is 0 Å². The normalized spacial score (nSPS) is 24.4. The Balaban J connectivity index is 2.21. The highest BCUT2D eigenvalue weighted by atomic mass is 32.1. The molecule has 0 radical (unpaired) electrons. The van der Waals surface area contributed by atoms with Crippen LogP contribution in [0.1, 0.15) is 49.0 Å². The lowest BCUT2D eigenvalue weighted by atomic mass is 9.90. The van der Waals surface area contributed by atoms with Gasteiger partial charge in [-0.05, 0) is 25.8 Å². The molecule has 0 amide bonds. The molecule has 1 aliphatic rings. The molecule has 3 nitrogen and oxygen atoms in total. The third-order valence-electron chi connectivity index (χ3n) is 3.78. The van der Waals surface area contributed by atoms with E-state index in [0.717, 1.165) is 37.1 Å². The Bertz CT molecular complexity index is 450. The summed E-state index contributed by atoms with van der Waals surface area (Å²) in [6.45, 7) is 5.54. The molecule has 3 atom stereocenters. The van der Waals surface area contributed by atoms with E-state index in [-0.39, 0.29) is 18.1 Å². The van der Waals surface area contributed by atoms with Crippen molar-refractivity contribution >= 4 is 11.3 Å². The maximum absolute atomic E-state index is 12.7. The zero-order valence-corrected chi connectivity index (χ0v) is 13.1. The predicted molar refractivity (Wildman–Crippen MR) is 76.3 cm³/mol. The minimum Gasteiger partial charge on any atom is -0.378 e. The van der Waals surface area contributed by atoms with E-state index in [0.29, 0.717) is 11.5 Å². The maximum atomic E-state index is 12.7. The van der Waals surface area contributed by atoms with Gasteiger partial charge in [-0.2, -0.15) is 13.2 Å². The molecule has 7 heteroatoms. The van der Waals surface area contributed by atoms with Gasteiger partial charge in [0.1, 0.15) is 0 Å². The lowest BCUT2D eigenvalue weighted by Crippen LogP contribution is -2.32. The van der Waals surface area contributed by atoms with Gasteiger partial charge in [0.15, 0.2) is 5.01 Å². The smallest absolute Gasteiger partial charge is 0.378 e. The van der Waals surface area contributed by atoms with Crippen LogP contribution in [-0.2, 0) is 10.9 Å². The minimum atomic E-state index is -4.37. The molecule has 21 heavy (non-hydrogen) atoms. The molecule has 3 unspecified atom stereocenters. The second kappa shape index (κ2) is 7.07. The highest BCUT2D eigenvalue weighted by molar-refractivity contribution is 7.11. The van der Waals surface area contributed by atoms with Gasteiger partial charge in [-0.15, -0.1) is 11.3 Å². The number of ether oxygens (including phenoxy) is 1. The Labute approximate surface area is 126 Å². The van der Waals surface area contributed by atoms with Gasteiger partial charge in [-0.1, -0.05) is 13.8 Å². The number of aromatic nitrogens is 1. The largest absolute Gasteiger partial charge is 0.443 e. The van der Waals surface area contributed by atoms with Crippen molar-refractivity contribution in [1.82, 2.24) is 10.3 Å². The highest BCUT2D eigenvalue weighted by Gasteiger charge is 2.38. The summed E-state index contributed by atoms with van der Waals surface area (Å²) in [6.07, 6.45) is -0.207. The van der Waals surface area contributed by atoms with Crippen LogP contribution in [0.3, 0.4) is 0 Å². The molecule has 1 N–H and O–H groups in total. The molecule has 0 saturated carbocycles. The van der Waals surface area contributed by atoms with E-state index in [2.05, 4.69) is 10.3 Å². The number of nitrogens with one attached hydrogen (secondary N) is 1. The zero-order valence-electron chi connectivity index (χ0n) is 12.2. The third-order valence-corrected chi connectivity index (χ3v) is 4.90. The van der Waals surface area contributed by atoms with Gasteiger partial charge in [0.25, 0.3) is 0 Å². The number of nitrogens with zero attached hydrogens (tertiary/aromatic N) is 1. The summed E-state index contributed by atoms with van der Waals surface area (Å²) >= 11 is 0.744. The molecule has 120 valence electrons. The topological polar surface area (TPSA) is 34.2 Å². The van der Waals surface area contributed by atoms with E-state index in [4.69, 9.17) is 4.74 Å². The van der Waals surface area contributed by atoms with Crippen molar-refractivity contribution in [2.45, 2.75) is 51.4 Å². The molecule has 1 saturated heterocycles. The van der Waals surface area contributed by atoms with Crippen LogP contribution < -0.4 is 5.32 Å². The molecule has 1 aromatic rings. The van der Waals surface area contributed by atoms with Crippen molar-refractivity contribution in [3.63, 3.8) is 0 Å². The number of alkyl halides is 3. The van der Waals surface area contributed by atoms with Crippen molar-refractivity contribution in [2.75, 3.05) is 13.2 Å². The van der Waals surface area contributed by atoms with Crippen LogP contribution in [0.4, 0.5) is 13.2 Å². The first kappa shape index (κ1) is 16.7. The number of rotatable bonds is 6. The van der Waals surface area contributed by atoms with Gasteiger partial charge in [0.2, 0.25) is 0 Å². The van der Waals surface area contributed by atoms with E-state index in [1.54, 1.807) is 0 Å². The first-order chi connectivity index (χ1) is 9.97. The number of hydrogen-bond acceptors (Lipinski definition) is 4. The summed E-state index contributed by atoms with van der Waals surface area (Å²) in [5.41, 5.74) is 0.